The van der Waals surface area contributed by atoms with Crippen LogP contribution in [0.15, 0.2) is 60.8 Å². The van der Waals surface area contributed by atoms with Gasteiger partial charge in [-0.2, -0.15) is 5.10 Å². The molecule has 0 aliphatic rings. The smallest absolute Gasteiger partial charge is 0.342 e. The molecule has 1 heterocycles. The number of aromatic nitrogens is 2. The molecule has 3 rings (SSSR count). The fourth-order valence-electron chi connectivity index (χ4n) is 3.11. The Morgan fingerprint density at radius 2 is 1.77 bits per heavy atom. The molecule has 2 aromatic carbocycles. The number of amides is 3. The van der Waals surface area contributed by atoms with Gasteiger partial charge in [-0.15, -0.1) is 0 Å². The van der Waals surface area contributed by atoms with Gasteiger partial charge in [0.1, 0.15) is 11.3 Å². The summed E-state index contributed by atoms with van der Waals surface area (Å²) < 4.78 is 7.08. The second kappa shape index (κ2) is 9.25. The molecule has 0 unspecified atom stereocenters. The Hall–Kier alpha value is -3.94. The third-order valence-electron chi connectivity index (χ3n) is 4.59. The number of hydrogen-bond acceptors (Lipinski definition) is 5. The van der Waals surface area contributed by atoms with Gasteiger partial charge in [-0.25, -0.2) is 14.3 Å². The normalized spacial score (nSPS) is 11.7. The van der Waals surface area contributed by atoms with Gasteiger partial charge >= 0.3 is 12.0 Å². The number of carbonyl (C=O) groups is 3. The van der Waals surface area contributed by atoms with E-state index in [1.807, 2.05) is 66.8 Å². The molecule has 3 amide bonds. The average Bonchev–Trinajstić information content (AvgIpc) is 3.17. The Morgan fingerprint density at radius 3 is 2.39 bits per heavy atom. The zero-order valence-electron chi connectivity index (χ0n) is 17.5. The highest BCUT2D eigenvalue weighted by Gasteiger charge is 2.30. The van der Waals surface area contributed by atoms with Crippen molar-refractivity contribution in [3.8, 4) is 16.9 Å². The Labute approximate surface area is 180 Å². The molecular formula is C23H24N4O4. The number of carbonyl (C=O) groups excluding carboxylic acids is 3. The number of hydrogen-bond donors (Lipinski definition) is 2. The standard InChI is InChI=1S/C23H24N4O4/c1-14(2)20(21(28)25-23(24)30)31-22(29)18-13-27(17-10-5-4-6-11-17)26-19(18)16-9-7-8-15(3)12-16/h4-14,20H,1-3H3,(H3,24,25,28,30)/t20-/m0/s1. The summed E-state index contributed by atoms with van der Waals surface area (Å²) in [7, 11) is 0. The lowest BCUT2D eigenvalue weighted by atomic mass is 10.0. The molecule has 1 atom stereocenters. The van der Waals surface area contributed by atoms with Crippen LogP contribution in [0.25, 0.3) is 16.9 Å². The van der Waals surface area contributed by atoms with Gasteiger partial charge in [-0.05, 0) is 31.0 Å². The number of para-hydroxylation sites is 1. The van der Waals surface area contributed by atoms with Crippen molar-refractivity contribution < 1.29 is 19.1 Å². The molecular weight excluding hydrogens is 396 g/mol. The van der Waals surface area contributed by atoms with Crippen molar-refractivity contribution >= 4 is 17.9 Å². The Morgan fingerprint density at radius 1 is 1.06 bits per heavy atom. The molecule has 0 fully saturated rings. The van der Waals surface area contributed by atoms with Crippen LogP contribution in [-0.4, -0.2) is 33.8 Å². The van der Waals surface area contributed by atoms with Gasteiger partial charge < -0.3 is 10.5 Å². The number of rotatable bonds is 6. The maximum absolute atomic E-state index is 13.1. The maximum atomic E-state index is 13.1. The third kappa shape index (κ3) is 5.16. The second-order valence-corrected chi connectivity index (χ2v) is 7.46. The predicted molar refractivity (Wildman–Crippen MR) is 116 cm³/mol. The van der Waals surface area contributed by atoms with Crippen molar-refractivity contribution in [2.24, 2.45) is 11.7 Å². The molecule has 3 N–H and O–H groups in total. The molecule has 0 aliphatic heterocycles. The van der Waals surface area contributed by atoms with Crippen LogP contribution in [0.5, 0.6) is 0 Å². The number of benzene rings is 2. The summed E-state index contributed by atoms with van der Waals surface area (Å²) in [6, 6.07) is 15.9. The minimum atomic E-state index is -1.19. The molecule has 0 aliphatic carbocycles. The Bertz CT molecular complexity index is 1110. The molecule has 0 spiro atoms. The average molecular weight is 420 g/mol. The highest BCUT2D eigenvalue weighted by atomic mass is 16.5. The fourth-order valence-corrected chi connectivity index (χ4v) is 3.11. The van der Waals surface area contributed by atoms with Crippen molar-refractivity contribution in [2.75, 3.05) is 0 Å². The van der Waals surface area contributed by atoms with Crippen molar-refractivity contribution in [1.82, 2.24) is 15.1 Å². The number of primary amides is 1. The minimum Gasteiger partial charge on any atom is -0.448 e. The van der Waals surface area contributed by atoms with Gasteiger partial charge in [-0.1, -0.05) is 55.8 Å². The van der Waals surface area contributed by atoms with E-state index in [0.717, 1.165) is 16.8 Å². The first-order valence-corrected chi connectivity index (χ1v) is 9.79. The second-order valence-electron chi connectivity index (χ2n) is 7.46. The van der Waals surface area contributed by atoms with E-state index in [-0.39, 0.29) is 11.5 Å². The lowest BCUT2D eigenvalue weighted by Gasteiger charge is -2.19. The summed E-state index contributed by atoms with van der Waals surface area (Å²) in [5.74, 6) is -1.88. The van der Waals surface area contributed by atoms with Crippen LogP contribution in [0, 0.1) is 12.8 Å². The number of nitrogens with one attached hydrogen (secondary N) is 1. The molecule has 0 radical (unpaired) electrons. The van der Waals surface area contributed by atoms with E-state index in [4.69, 9.17) is 10.5 Å². The van der Waals surface area contributed by atoms with Gasteiger partial charge in [-0.3, -0.25) is 10.1 Å². The van der Waals surface area contributed by atoms with Gasteiger partial charge in [0.05, 0.1) is 5.69 Å². The molecule has 160 valence electrons. The first-order chi connectivity index (χ1) is 14.8. The zero-order chi connectivity index (χ0) is 22.5. The Kier molecular flexibility index (Phi) is 6.49. The molecule has 8 nitrogen and oxygen atoms in total. The summed E-state index contributed by atoms with van der Waals surface area (Å²) >= 11 is 0. The third-order valence-corrected chi connectivity index (χ3v) is 4.59. The molecule has 0 bridgehead atoms. The van der Waals surface area contributed by atoms with Gasteiger partial charge in [0.25, 0.3) is 5.91 Å². The molecule has 1 aromatic heterocycles. The van der Waals surface area contributed by atoms with Crippen LogP contribution in [-0.2, 0) is 9.53 Å². The first-order valence-electron chi connectivity index (χ1n) is 9.79. The zero-order valence-corrected chi connectivity index (χ0v) is 17.5. The van der Waals surface area contributed by atoms with Crippen molar-refractivity contribution in [1.29, 1.82) is 0 Å². The molecule has 31 heavy (non-hydrogen) atoms. The summed E-state index contributed by atoms with van der Waals surface area (Å²) in [4.78, 5) is 36.4. The topological polar surface area (TPSA) is 116 Å². The monoisotopic (exact) mass is 420 g/mol. The van der Waals surface area contributed by atoms with Crippen LogP contribution in [0.2, 0.25) is 0 Å². The van der Waals surface area contributed by atoms with Crippen molar-refractivity contribution in [3.63, 3.8) is 0 Å². The fraction of sp³-hybridized carbons (Fsp3) is 0.217. The number of urea groups is 1. The number of nitrogens with two attached hydrogens (primary N) is 1. The van der Waals surface area contributed by atoms with Crippen molar-refractivity contribution in [3.05, 3.63) is 71.9 Å². The van der Waals surface area contributed by atoms with Crippen LogP contribution in [0.4, 0.5) is 4.79 Å². The maximum Gasteiger partial charge on any atom is 0.342 e. The van der Waals surface area contributed by atoms with E-state index in [9.17, 15) is 14.4 Å². The van der Waals surface area contributed by atoms with Crippen molar-refractivity contribution in [2.45, 2.75) is 26.9 Å². The molecule has 8 heteroatoms. The summed E-state index contributed by atoms with van der Waals surface area (Å²) in [5.41, 5.74) is 8.17. The van der Waals surface area contributed by atoms with Crippen LogP contribution in [0.3, 0.4) is 0 Å². The quantitative estimate of drug-likeness (QED) is 0.594. The molecule has 3 aromatic rings. The summed E-state index contributed by atoms with van der Waals surface area (Å²) in [5, 5.41) is 6.57. The van der Waals surface area contributed by atoms with Gasteiger partial charge in [0, 0.05) is 11.8 Å². The van der Waals surface area contributed by atoms with Crippen LogP contribution < -0.4 is 11.1 Å². The highest BCUT2D eigenvalue weighted by molar-refractivity contribution is 6.00. The number of aryl methyl sites for hydroxylation is 1. The minimum absolute atomic E-state index is 0.201. The summed E-state index contributed by atoms with van der Waals surface area (Å²) in [6.07, 6.45) is 0.379. The summed E-state index contributed by atoms with van der Waals surface area (Å²) in [6.45, 7) is 5.35. The van der Waals surface area contributed by atoms with Crippen LogP contribution >= 0.6 is 0 Å². The lowest BCUT2D eigenvalue weighted by molar-refractivity contribution is -0.130. The van der Waals surface area contributed by atoms with Crippen LogP contribution in [0.1, 0.15) is 29.8 Å². The van der Waals surface area contributed by atoms with E-state index in [2.05, 4.69) is 5.10 Å². The van der Waals surface area contributed by atoms with E-state index >= 15 is 0 Å². The molecule has 0 saturated heterocycles. The van der Waals surface area contributed by atoms with E-state index in [1.54, 1.807) is 24.7 Å². The largest absolute Gasteiger partial charge is 0.448 e. The SMILES string of the molecule is Cc1cccc(-c2nn(-c3ccccc3)cc2C(=O)O[C@H](C(=O)NC(N)=O)C(C)C)c1. The number of nitrogens with zero attached hydrogens (tertiary/aromatic N) is 2. The van der Waals surface area contributed by atoms with E-state index < -0.39 is 24.0 Å². The first kappa shape index (κ1) is 21.8. The van der Waals surface area contributed by atoms with Gasteiger partial charge in [0.2, 0.25) is 0 Å². The lowest BCUT2D eigenvalue weighted by Crippen LogP contribution is -2.45. The van der Waals surface area contributed by atoms with E-state index in [1.165, 1.54) is 0 Å². The van der Waals surface area contributed by atoms with E-state index in [0.29, 0.717) is 5.69 Å². The Balaban J connectivity index is 2.01. The van der Waals surface area contributed by atoms with Gasteiger partial charge in [0.15, 0.2) is 6.10 Å². The predicted octanol–water partition coefficient (Wildman–Crippen LogP) is 3.22. The molecule has 0 saturated carbocycles. The number of imide groups is 1. The highest BCUT2D eigenvalue weighted by Crippen LogP contribution is 2.26. The number of ether oxygens (including phenoxy) is 1. The number of esters is 1.